The molecule has 0 saturated carbocycles. The largest absolute Gasteiger partial charge is 0.383 e. The fraction of sp³-hybridized carbons (Fsp3) is 0.231. The number of hydrogen-bond acceptors (Lipinski definition) is 3. The summed E-state index contributed by atoms with van der Waals surface area (Å²) in [5, 5.41) is 16.7. The first-order chi connectivity index (χ1) is 8.70. The summed E-state index contributed by atoms with van der Waals surface area (Å²) in [4.78, 5) is 0. The van der Waals surface area contributed by atoms with Crippen LogP contribution < -0.4 is 5.32 Å². The Morgan fingerprint density at radius 3 is 2.89 bits per heavy atom. The number of hydrogen-bond donors (Lipinski definition) is 1. The monoisotopic (exact) mass is 260 g/mol. The molecule has 0 fully saturated rings. The second-order valence-corrected chi connectivity index (χ2v) is 4.34. The Hall–Kier alpha value is -1.99. The van der Waals surface area contributed by atoms with E-state index in [-0.39, 0.29) is 0 Å². The number of anilines is 1. The summed E-state index contributed by atoms with van der Waals surface area (Å²) < 4.78 is 1.85. The van der Waals surface area contributed by atoms with Gasteiger partial charge in [-0.2, -0.15) is 10.4 Å². The summed E-state index contributed by atoms with van der Waals surface area (Å²) in [6.07, 6.45) is 2.65. The number of nitriles is 1. The summed E-state index contributed by atoms with van der Waals surface area (Å²) in [6.45, 7) is 0.769. The molecule has 1 aromatic carbocycles. The van der Waals surface area contributed by atoms with E-state index in [0.717, 1.165) is 24.3 Å². The van der Waals surface area contributed by atoms with Crippen LogP contribution in [-0.2, 0) is 13.5 Å². The van der Waals surface area contributed by atoms with Crippen molar-refractivity contribution < 1.29 is 0 Å². The van der Waals surface area contributed by atoms with E-state index in [0.29, 0.717) is 10.6 Å². The predicted molar refractivity (Wildman–Crippen MR) is 71.6 cm³/mol. The second-order valence-electron chi connectivity index (χ2n) is 3.93. The Labute approximate surface area is 111 Å². The molecule has 0 unspecified atom stereocenters. The lowest BCUT2D eigenvalue weighted by atomic mass is 10.2. The maximum absolute atomic E-state index is 8.75. The Balaban J connectivity index is 1.95. The molecule has 92 valence electrons. The number of nitrogens with zero attached hydrogens (tertiary/aromatic N) is 3. The molecule has 1 aromatic heterocycles. The van der Waals surface area contributed by atoms with Gasteiger partial charge in [0.25, 0.3) is 0 Å². The van der Waals surface area contributed by atoms with Crippen molar-refractivity contribution in [3.63, 3.8) is 0 Å². The molecule has 0 aliphatic carbocycles. The average molecular weight is 261 g/mol. The van der Waals surface area contributed by atoms with Crippen LogP contribution in [-0.4, -0.2) is 16.3 Å². The van der Waals surface area contributed by atoms with Gasteiger partial charge in [0.15, 0.2) is 0 Å². The average Bonchev–Trinajstić information content (AvgIpc) is 2.77. The first kappa shape index (κ1) is 12.5. The Morgan fingerprint density at radius 1 is 1.44 bits per heavy atom. The van der Waals surface area contributed by atoms with E-state index in [2.05, 4.69) is 16.5 Å². The van der Waals surface area contributed by atoms with Crippen LogP contribution in [0.15, 0.2) is 30.5 Å². The molecule has 1 N–H and O–H groups in total. The van der Waals surface area contributed by atoms with Crippen molar-refractivity contribution in [2.75, 3.05) is 11.9 Å². The van der Waals surface area contributed by atoms with E-state index >= 15 is 0 Å². The molecule has 0 spiro atoms. The van der Waals surface area contributed by atoms with Gasteiger partial charge in [0.2, 0.25) is 0 Å². The van der Waals surface area contributed by atoms with Gasteiger partial charge in [0.1, 0.15) is 0 Å². The lowest BCUT2D eigenvalue weighted by molar-refractivity contribution is 0.711. The van der Waals surface area contributed by atoms with Gasteiger partial charge in [-0.05, 0) is 24.3 Å². The highest BCUT2D eigenvalue weighted by Gasteiger charge is 2.02. The molecule has 0 amide bonds. The maximum Gasteiger partial charge on any atom is 0.0992 e. The molecule has 5 heteroatoms. The van der Waals surface area contributed by atoms with E-state index in [1.54, 1.807) is 18.3 Å². The third-order valence-electron chi connectivity index (χ3n) is 2.72. The highest BCUT2D eigenvalue weighted by Crippen LogP contribution is 2.22. The Kier molecular flexibility index (Phi) is 3.85. The van der Waals surface area contributed by atoms with Crippen molar-refractivity contribution in [2.45, 2.75) is 6.42 Å². The third-order valence-corrected chi connectivity index (χ3v) is 3.03. The zero-order valence-corrected chi connectivity index (χ0v) is 10.8. The van der Waals surface area contributed by atoms with E-state index in [1.165, 1.54) is 0 Å². The second kappa shape index (κ2) is 5.56. The minimum absolute atomic E-state index is 0.567. The van der Waals surface area contributed by atoms with Crippen LogP contribution in [0.2, 0.25) is 5.02 Å². The van der Waals surface area contributed by atoms with E-state index in [1.807, 2.05) is 23.9 Å². The molecule has 1 heterocycles. The van der Waals surface area contributed by atoms with Crippen molar-refractivity contribution in [1.29, 1.82) is 5.26 Å². The SMILES string of the molecule is Cn1nccc1CCNc1ccc(C#N)cc1Cl. The smallest absolute Gasteiger partial charge is 0.0992 e. The molecule has 0 aliphatic heterocycles. The first-order valence-electron chi connectivity index (χ1n) is 5.61. The number of rotatable bonds is 4. The minimum atomic E-state index is 0.567. The molecule has 0 aliphatic rings. The first-order valence-corrected chi connectivity index (χ1v) is 5.99. The van der Waals surface area contributed by atoms with Gasteiger partial charge < -0.3 is 5.32 Å². The number of nitrogens with one attached hydrogen (secondary N) is 1. The number of aromatic nitrogens is 2. The maximum atomic E-state index is 8.75. The van der Waals surface area contributed by atoms with Crippen LogP contribution in [0.25, 0.3) is 0 Å². The topological polar surface area (TPSA) is 53.6 Å². The Bertz CT molecular complexity index is 583. The lowest BCUT2D eigenvalue weighted by Crippen LogP contribution is -2.08. The van der Waals surface area contributed by atoms with Crippen molar-refractivity contribution in [3.05, 3.63) is 46.7 Å². The van der Waals surface area contributed by atoms with Gasteiger partial charge in [0.05, 0.1) is 22.3 Å². The molecular formula is C13H13ClN4. The summed E-state index contributed by atoms with van der Waals surface area (Å²) in [5.41, 5.74) is 2.57. The zero-order chi connectivity index (χ0) is 13.0. The van der Waals surface area contributed by atoms with Crippen LogP contribution in [0.5, 0.6) is 0 Å². The van der Waals surface area contributed by atoms with Crippen LogP contribution in [0.3, 0.4) is 0 Å². The molecule has 0 saturated heterocycles. The quantitative estimate of drug-likeness (QED) is 0.919. The molecular weight excluding hydrogens is 248 g/mol. The van der Waals surface area contributed by atoms with Crippen LogP contribution >= 0.6 is 11.6 Å². The Morgan fingerprint density at radius 2 is 2.28 bits per heavy atom. The summed E-state index contributed by atoms with van der Waals surface area (Å²) in [7, 11) is 1.92. The number of benzene rings is 1. The highest BCUT2D eigenvalue weighted by atomic mass is 35.5. The molecule has 18 heavy (non-hydrogen) atoms. The standard InChI is InChI=1S/C13H13ClN4/c1-18-11(5-7-17-18)4-6-16-13-3-2-10(9-15)8-12(13)14/h2-3,5,7-8,16H,4,6H2,1H3. The summed E-state index contributed by atoms with van der Waals surface area (Å²) >= 11 is 6.07. The number of aryl methyl sites for hydroxylation is 1. The van der Waals surface area contributed by atoms with Gasteiger partial charge in [0, 0.05) is 31.9 Å². The highest BCUT2D eigenvalue weighted by molar-refractivity contribution is 6.33. The molecule has 0 radical (unpaired) electrons. The van der Waals surface area contributed by atoms with Crippen molar-refractivity contribution in [2.24, 2.45) is 7.05 Å². The van der Waals surface area contributed by atoms with Crippen LogP contribution in [0, 0.1) is 11.3 Å². The van der Waals surface area contributed by atoms with E-state index in [4.69, 9.17) is 16.9 Å². The summed E-state index contributed by atoms with van der Waals surface area (Å²) in [6, 6.07) is 9.28. The van der Waals surface area contributed by atoms with Crippen LogP contribution in [0.4, 0.5) is 5.69 Å². The molecule has 4 nitrogen and oxygen atoms in total. The van der Waals surface area contributed by atoms with Gasteiger partial charge in [-0.3, -0.25) is 4.68 Å². The molecule has 2 rings (SSSR count). The van der Waals surface area contributed by atoms with Crippen LogP contribution in [0.1, 0.15) is 11.3 Å². The fourth-order valence-electron chi connectivity index (χ4n) is 1.70. The molecule has 2 aromatic rings. The zero-order valence-electron chi connectivity index (χ0n) is 10.0. The number of halogens is 1. The minimum Gasteiger partial charge on any atom is -0.383 e. The lowest BCUT2D eigenvalue weighted by Gasteiger charge is -2.08. The third kappa shape index (κ3) is 2.82. The van der Waals surface area contributed by atoms with Gasteiger partial charge in [-0.15, -0.1) is 0 Å². The normalized spacial score (nSPS) is 10.1. The van der Waals surface area contributed by atoms with Gasteiger partial charge >= 0.3 is 0 Å². The van der Waals surface area contributed by atoms with E-state index < -0.39 is 0 Å². The van der Waals surface area contributed by atoms with Crippen molar-refractivity contribution >= 4 is 17.3 Å². The summed E-state index contributed by atoms with van der Waals surface area (Å²) in [5.74, 6) is 0. The van der Waals surface area contributed by atoms with Gasteiger partial charge in [-0.1, -0.05) is 11.6 Å². The predicted octanol–water partition coefficient (Wildman–Crippen LogP) is 2.60. The van der Waals surface area contributed by atoms with Crippen molar-refractivity contribution in [1.82, 2.24) is 9.78 Å². The molecule has 0 atom stereocenters. The van der Waals surface area contributed by atoms with E-state index in [9.17, 15) is 0 Å². The fourth-order valence-corrected chi connectivity index (χ4v) is 1.95. The van der Waals surface area contributed by atoms with Gasteiger partial charge in [-0.25, -0.2) is 0 Å². The molecule has 0 bridgehead atoms. The van der Waals surface area contributed by atoms with Crippen molar-refractivity contribution in [3.8, 4) is 6.07 Å².